The van der Waals surface area contributed by atoms with E-state index in [1.807, 2.05) is 0 Å². The van der Waals surface area contributed by atoms with Gasteiger partial charge in [-0.15, -0.1) is 0 Å². The van der Waals surface area contributed by atoms with Crippen molar-refractivity contribution in [1.82, 2.24) is 15.1 Å². The summed E-state index contributed by atoms with van der Waals surface area (Å²) in [6.45, 7) is 10.1. The monoisotopic (exact) mass is 265 g/mol. The standard InChI is InChI=1S/C16H31N3/c1-2-8-17-16-5-3-4-14(16)13-18-9-11-19(12-10-18)15-6-7-15/h14-17H,2-13H2,1H3. The van der Waals surface area contributed by atoms with E-state index in [0.29, 0.717) is 0 Å². The Balaban J connectivity index is 1.40. The maximum absolute atomic E-state index is 3.77. The van der Waals surface area contributed by atoms with E-state index in [0.717, 1.165) is 18.0 Å². The third-order valence-corrected chi connectivity index (χ3v) is 5.28. The van der Waals surface area contributed by atoms with Crippen molar-refractivity contribution in [3.8, 4) is 0 Å². The van der Waals surface area contributed by atoms with Crippen LogP contribution in [0.15, 0.2) is 0 Å². The lowest BCUT2D eigenvalue weighted by Crippen LogP contribution is -2.49. The Hall–Kier alpha value is -0.120. The van der Waals surface area contributed by atoms with Gasteiger partial charge in [-0.2, -0.15) is 0 Å². The second-order valence-electron chi connectivity index (χ2n) is 6.82. The average Bonchev–Trinajstić information content (AvgIpc) is 3.19. The van der Waals surface area contributed by atoms with Crippen molar-refractivity contribution in [2.75, 3.05) is 39.3 Å². The van der Waals surface area contributed by atoms with Gasteiger partial charge in [0.05, 0.1) is 0 Å². The summed E-state index contributed by atoms with van der Waals surface area (Å²) in [7, 11) is 0. The smallest absolute Gasteiger partial charge is 0.0113 e. The summed E-state index contributed by atoms with van der Waals surface area (Å²) in [5, 5.41) is 3.77. The zero-order valence-corrected chi connectivity index (χ0v) is 12.6. The van der Waals surface area contributed by atoms with Crippen LogP contribution in [0.3, 0.4) is 0 Å². The number of nitrogens with one attached hydrogen (secondary N) is 1. The van der Waals surface area contributed by atoms with Gasteiger partial charge in [-0.05, 0) is 44.6 Å². The highest BCUT2D eigenvalue weighted by molar-refractivity contribution is 4.90. The molecule has 0 spiro atoms. The number of hydrogen-bond acceptors (Lipinski definition) is 3. The summed E-state index contributed by atoms with van der Waals surface area (Å²) < 4.78 is 0. The van der Waals surface area contributed by atoms with Gasteiger partial charge in [0.15, 0.2) is 0 Å². The van der Waals surface area contributed by atoms with E-state index >= 15 is 0 Å². The lowest BCUT2D eigenvalue weighted by molar-refractivity contribution is 0.108. The zero-order valence-electron chi connectivity index (χ0n) is 12.6. The second-order valence-corrected chi connectivity index (χ2v) is 6.82. The molecule has 1 aliphatic heterocycles. The summed E-state index contributed by atoms with van der Waals surface area (Å²) in [4.78, 5) is 5.45. The van der Waals surface area contributed by atoms with Crippen LogP contribution in [0.1, 0.15) is 45.4 Å². The largest absolute Gasteiger partial charge is 0.314 e. The molecule has 2 atom stereocenters. The first kappa shape index (κ1) is 13.8. The van der Waals surface area contributed by atoms with Crippen molar-refractivity contribution >= 4 is 0 Å². The molecule has 2 saturated carbocycles. The fourth-order valence-electron chi connectivity index (χ4n) is 3.94. The van der Waals surface area contributed by atoms with E-state index in [1.54, 1.807) is 0 Å². The molecule has 0 aromatic rings. The highest BCUT2D eigenvalue weighted by atomic mass is 15.3. The van der Waals surface area contributed by atoms with Crippen LogP contribution in [0.25, 0.3) is 0 Å². The fraction of sp³-hybridized carbons (Fsp3) is 1.00. The van der Waals surface area contributed by atoms with Gasteiger partial charge in [0.1, 0.15) is 0 Å². The van der Waals surface area contributed by atoms with Crippen LogP contribution in [0.2, 0.25) is 0 Å². The molecule has 0 bridgehead atoms. The van der Waals surface area contributed by atoms with Crippen LogP contribution in [-0.4, -0.2) is 61.2 Å². The van der Waals surface area contributed by atoms with Crippen molar-refractivity contribution in [2.24, 2.45) is 5.92 Å². The highest BCUT2D eigenvalue weighted by Gasteiger charge is 2.33. The van der Waals surface area contributed by atoms with Gasteiger partial charge in [0.25, 0.3) is 0 Å². The van der Waals surface area contributed by atoms with Crippen molar-refractivity contribution in [2.45, 2.75) is 57.5 Å². The molecular formula is C16H31N3. The van der Waals surface area contributed by atoms with Gasteiger partial charge < -0.3 is 10.2 Å². The van der Waals surface area contributed by atoms with E-state index in [-0.39, 0.29) is 0 Å². The minimum absolute atomic E-state index is 0.807. The maximum atomic E-state index is 3.77. The van der Waals surface area contributed by atoms with E-state index in [4.69, 9.17) is 0 Å². The first-order valence-corrected chi connectivity index (χ1v) is 8.56. The molecule has 1 heterocycles. The topological polar surface area (TPSA) is 18.5 Å². The maximum Gasteiger partial charge on any atom is 0.0113 e. The van der Waals surface area contributed by atoms with Crippen LogP contribution in [0.5, 0.6) is 0 Å². The van der Waals surface area contributed by atoms with E-state index in [9.17, 15) is 0 Å². The summed E-state index contributed by atoms with van der Waals surface area (Å²) in [6.07, 6.45) is 8.49. The van der Waals surface area contributed by atoms with Crippen LogP contribution < -0.4 is 5.32 Å². The molecule has 0 radical (unpaired) electrons. The Morgan fingerprint density at radius 3 is 2.47 bits per heavy atom. The summed E-state index contributed by atoms with van der Waals surface area (Å²) in [5.74, 6) is 0.916. The molecule has 1 saturated heterocycles. The van der Waals surface area contributed by atoms with Gasteiger partial charge in [0.2, 0.25) is 0 Å². The third kappa shape index (κ3) is 3.71. The van der Waals surface area contributed by atoms with Gasteiger partial charge in [-0.3, -0.25) is 4.90 Å². The molecule has 0 aromatic carbocycles. The minimum Gasteiger partial charge on any atom is -0.314 e. The molecule has 3 heteroatoms. The lowest BCUT2D eigenvalue weighted by Gasteiger charge is -2.37. The van der Waals surface area contributed by atoms with Crippen molar-refractivity contribution in [3.63, 3.8) is 0 Å². The molecule has 2 aliphatic carbocycles. The van der Waals surface area contributed by atoms with E-state index in [2.05, 4.69) is 22.0 Å². The van der Waals surface area contributed by atoms with Crippen LogP contribution >= 0.6 is 0 Å². The SMILES string of the molecule is CCCNC1CCCC1CN1CCN(C2CC2)CC1. The molecule has 19 heavy (non-hydrogen) atoms. The first-order chi connectivity index (χ1) is 9.36. The summed E-state index contributed by atoms with van der Waals surface area (Å²) in [6, 6.07) is 1.77. The van der Waals surface area contributed by atoms with Crippen LogP contribution in [0.4, 0.5) is 0 Å². The molecule has 110 valence electrons. The second kappa shape index (κ2) is 6.55. The molecule has 3 nitrogen and oxygen atoms in total. The lowest BCUT2D eigenvalue weighted by atomic mass is 10.0. The summed E-state index contributed by atoms with van der Waals surface area (Å²) >= 11 is 0. The molecular weight excluding hydrogens is 234 g/mol. The Morgan fingerprint density at radius 1 is 1.00 bits per heavy atom. The van der Waals surface area contributed by atoms with Crippen LogP contribution in [0, 0.1) is 5.92 Å². The summed E-state index contributed by atoms with van der Waals surface area (Å²) in [5.41, 5.74) is 0. The molecule has 0 amide bonds. The highest BCUT2D eigenvalue weighted by Crippen LogP contribution is 2.29. The molecule has 1 N–H and O–H groups in total. The molecule has 0 aromatic heterocycles. The third-order valence-electron chi connectivity index (χ3n) is 5.28. The molecule has 3 fully saturated rings. The Kier molecular flexibility index (Phi) is 4.78. The van der Waals surface area contributed by atoms with Gasteiger partial charge >= 0.3 is 0 Å². The average molecular weight is 265 g/mol. The van der Waals surface area contributed by atoms with Crippen molar-refractivity contribution in [1.29, 1.82) is 0 Å². The van der Waals surface area contributed by atoms with Crippen molar-refractivity contribution < 1.29 is 0 Å². The normalized spacial score (nSPS) is 33.9. The Bertz CT molecular complexity index is 269. The number of piperazine rings is 1. The predicted octanol–water partition coefficient (Wildman–Crippen LogP) is 1.93. The zero-order chi connectivity index (χ0) is 13.1. The van der Waals surface area contributed by atoms with Gasteiger partial charge in [-0.25, -0.2) is 0 Å². The van der Waals surface area contributed by atoms with Crippen LogP contribution in [-0.2, 0) is 0 Å². The predicted molar refractivity (Wildman–Crippen MR) is 80.5 cm³/mol. The van der Waals surface area contributed by atoms with Gasteiger partial charge in [0, 0.05) is 44.8 Å². The van der Waals surface area contributed by atoms with Crippen molar-refractivity contribution in [3.05, 3.63) is 0 Å². The Labute approximate surface area is 118 Å². The molecule has 2 unspecified atom stereocenters. The number of hydrogen-bond donors (Lipinski definition) is 1. The minimum atomic E-state index is 0.807. The Morgan fingerprint density at radius 2 is 1.79 bits per heavy atom. The van der Waals surface area contributed by atoms with Gasteiger partial charge in [-0.1, -0.05) is 13.3 Å². The quantitative estimate of drug-likeness (QED) is 0.792. The molecule has 3 aliphatic rings. The fourth-order valence-corrected chi connectivity index (χ4v) is 3.94. The first-order valence-electron chi connectivity index (χ1n) is 8.56. The molecule has 3 rings (SSSR count). The van der Waals surface area contributed by atoms with E-state index < -0.39 is 0 Å². The van der Waals surface area contributed by atoms with E-state index in [1.165, 1.54) is 77.8 Å². The number of nitrogens with zero attached hydrogens (tertiary/aromatic N) is 2. The number of rotatable bonds is 6.